The van der Waals surface area contributed by atoms with E-state index in [1.54, 1.807) is 0 Å². The van der Waals surface area contributed by atoms with E-state index in [-0.39, 0.29) is 76.3 Å². The number of carbonyl (C=O) groups excluding carboxylic acids is 3. The van der Waals surface area contributed by atoms with Gasteiger partial charge in [0, 0.05) is 24.2 Å². The first-order valence-electron chi connectivity index (χ1n) is 13.3. The molecule has 3 N–H and O–H groups in total. The molecule has 0 bridgehead atoms. The third-order valence-corrected chi connectivity index (χ3v) is 10.4. The van der Waals surface area contributed by atoms with Crippen LogP contribution in [0.3, 0.4) is 0 Å². The third kappa shape index (κ3) is 5.54. The Labute approximate surface area is 246 Å². The van der Waals surface area contributed by atoms with Crippen molar-refractivity contribution in [3.63, 3.8) is 0 Å². The standard InChI is InChI=1S/C21H32O5.C8H7ClO.Na.H/c1-19-7-5-13(23)9-12(19)3-4-14-15-6-8-21(26,17(25)11-22)20(15,2)10-16(24)18(14)19;9-8(10)6-7-4-2-1-3-5-7;;/h12-15,18,22-23,26H,3-11H2,1-2H3;1-5H,6H2;;/t12-,13-,14+,15+,18-,19+,20+,21+;;;/m1.../s1. The van der Waals surface area contributed by atoms with Crippen LogP contribution in [0.2, 0.25) is 0 Å². The zero-order chi connectivity index (χ0) is 26.3. The Hall–Kier alpha value is -0.600. The van der Waals surface area contributed by atoms with Gasteiger partial charge in [0.1, 0.15) is 18.0 Å². The zero-order valence-corrected chi connectivity index (χ0v) is 22.0. The van der Waals surface area contributed by atoms with Crippen LogP contribution in [0.5, 0.6) is 0 Å². The summed E-state index contributed by atoms with van der Waals surface area (Å²) >= 11 is 5.17. The van der Waals surface area contributed by atoms with Gasteiger partial charge in [-0.05, 0) is 85.3 Å². The normalized spacial score (nSPS) is 40.2. The number of rotatable bonds is 4. The van der Waals surface area contributed by atoms with E-state index >= 15 is 0 Å². The molecule has 1 aromatic carbocycles. The van der Waals surface area contributed by atoms with E-state index in [1.165, 1.54) is 0 Å². The minimum absolute atomic E-state index is 0. The van der Waals surface area contributed by atoms with Crippen LogP contribution in [0, 0.1) is 34.5 Å². The van der Waals surface area contributed by atoms with E-state index in [4.69, 9.17) is 11.6 Å². The van der Waals surface area contributed by atoms with Crippen LogP contribution in [0.1, 0.15) is 70.8 Å². The van der Waals surface area contributed by atoms with Crippen molar-refractivity contribution in [2.24, 2.45) is 34.5 Å². The Balaban J connectivity index is 0.000000293. The van der Waals surface area contributed by atoms with Crippen molar-refractivity contribution < 1.29 is 29.7 Å². The molecule has 0 unspecified atom stereocenters. The molecule has 200 valence electrons. The summed E-state index contributed by atoms with van der Waals surface area (Å²) in [5, 5.41) is 30.3. The molecule has 0 aromatic heterocycles. The summed E-state index contributed by atoms with van der Waals surface area (Å²) in [6.45, 7) is 3.46. The molecule has 0 aliphatic heterocycles. The second-order valence-corrected chi connectivity index (χ2v) is 12.4. The fourth-order valence-electron chi connectivity index (χ4n) is 8.40. The van der Waals surface area contributed by atoms with Crippen molar-refractivity contribution in [2.45, 2.75) is 83.3 Å². The van der Waals surface area contributed by atoms with Gasteiger partial charge < -0.3 is 15.3 Å². The molecule has 5 rings (SSSR count). The van der Waals surface area contributed by atoms with Crippen molar-refractivity contribution >= 4 is 58.0 Å². The Morgan fingerprint density at radius 1 is 1.05 bits per heavy atom. The van der Waals surface area contributed by atoms with Gasteiger partial charge in [-0.1, -0.05) is 44.2 Å². The second kappa shape index (κ2) is 11.9. The molecule has 8 atom stereocenters. The predicted molar refractivity (Wildman–Crippen MR) is 143 cm³/mol. The summed E-state index contributed by atoms with van der Waals surface area (Å²) in [7, 11) is 0. The Kier molecular flexibility index (Phi) is 9.93. The second-order valence-electron chi connectivity index (χ2n) is 12.0. The van der Waals surface area contributed by atoms with E-state index < -0.39 is 23.4 Å². The average Bonchev–Trinajstić information content (AvgIpc) is 3.10. The van der Waals surface area contributed by atoms with Gasteiger partial charge in [0.25, 0.3) is 0 Å². The van der Waals surface area contributed by atoms with Gasteiger partial charge in [-0.2, -0.15) is 0 Å². The van der Waals surface area contributed by atoms with Crippen LogP contribution >= 0.6 is 11.6 Å². The van der Waals surface area contributed by atoms with Gasteiger partial charge in [-0.3, -0.25) is 14.4 Å². The molecule has 0 saturated heterocycles. The molecule has 4 saturated carbocycles. The summed E-state index contributed by atoms with van der Waals surface area (Å²) in [6.07, 6.45) is 5.80. The number of benzene rings is 1. The monoisotopic (exact) mass is 542 g/mol. The van der Waals surface area contributed by atoms with Crippen LogP contribution < -0.4 is 0 Å². The van der Waals surface area contributed by atoms with E-state index in [0.29, 0.717) is 18.8 Å². The molecule has 0 spiro atoms. The van der Waals surface area contributed by atoms with E-state index in [9.17, 15) is 29.7 Å². The van der Waals surface area contributed by atoms with Gasteiger partial charge in [-0.15, -0.1) is 0 Å². The van der Waals surface area contributed by atoms with Crippen LogP contribution in [0.25, 0.3) is 0 Å². The molecule has 8 heteroatoms. The molecule has 1 aromatic rings. The van der Waals surface area contributed by atoms with Gasteiger partial charge in [0.05, 0.1) is 6.10 Å². The molecule has 4 fully saturated rings. The first kappa shape index (κ1) is 30.9. The Morgan fingerprint density at radius 3 is 2.35 bits per heavy atom. The van der Waals surface area contributed by atoms with Crippen molar-refractivity contribution in [1.29, 1.82) is 0 Å². The average molecular weight is 543 g/mol. The predicted octanol–water partition coefficient (Wildman–Crippen LogP) is 3.21. The van der Waals surface area contributed by atoms with Gasteiger partial charge >= 0.3 is 29.6 Å². The van der Waals surface area contributed by atoms with E-state index in [0.717, 1.165) is 44.1 Å². The Morgan fingerprint density at radius 2 is 1.73 bits per heavy atom. The van der Waals surface area contributed by atoms with Crippen LogP contribution in [0.4, 0.5) is 0 Å². The van der Waals surface area contributed by atoms with Gasteiger partial charge in [-0.25, -0.2) is 0 Å². The molecule has 37 heavy (non-hydrogen) atoms. The van der Waals surface area contributed by atoms with Crippen molar-refractivity contribution in [1.82, 2.24) is 0 Å². The first-order chi connectivity index (χ1) is 17.0. The molecule has 0 heterocycles. The van der Waals surface area contributed by atoms with Crippen LogP contribution in [0.15, 0.2) is 30.3 Å². The Bertz CT molecular complexity index is 1000. The molecular weight excluding hydrogens is 503 g/mol. The minimum atomic E-state index is -1.58. The molecule has 0 amide bonds. The number of halogens is 1. The third-order valence-electron chi connectivity index (χ3n) is 10.3. The number of aliphatic hydroxyl groups is 3. The fourth-order valence-corrected chi connectivity index (χ4v) is 8.55. The zero-order valence-electron chi connectivity index (χ0n) is 21.3. The quantitative estimate of drug-likeness (QED) is 0.398. The van der Waals surface area contributed by atoms with Crippen molar-refractivity contribution in [3.8, 4) is 0 Å². The summed E-state index contributed by atoms with van der Waals surface area (Å²) in [5.74, 6) is 0.380. The molecule has 6 nitrogen and oxygen atoms in total. The van der Waals surface area contributed by atoms with Crippen LogP contribution in [-0.4, -0.2) is 80.0 Å². The molecule has 4 aliphatic carbocycles. The van der Waals surface area contributed by atoms with E-state index in [2.05, 4.69) is 6.92 Å². The number of ketones is 2. The fraction of sp³-hybridized carbons (Fsp3) is 0.690. The number of aliphatic hydroxyl groups excluding tert-OH is 2. The molecule has 0 radical (unpaired) electrons. The SMILES string of the molecule is C[C@]12CC[C@@H](O)C[C@H]1CC[C@@H]1[C@@H]2C(=O)C[C@@]2(C)[C@H]1CC[C@]2(O)C(=O)CO.O=C(Cl)Cc1ccccc1.[NaH]. The first-order valence-corrected chi connectivity index (χ1v) is 13.6. The molecular formula is C29H40ClNaO6. The van der Waals surface area contributed by atoms with Gasteiger partial charge in [0.2, 0.25) is 5.24 Å². The van der Waals surface area contributed by atoms with Crippen molar-refractivity contribution in [2.75, 3.05) is 6.61 Å². The van der Waals surface area contributed by atoms with E-state index in [1.807, 2.05) is 37.3 Å². The maximum atomic E-state index is 13.4. The van der Waals surface area contributed by atoms with Crippen LogP contribution in [-0.2, 0) is 20.8 Å². The summed E-state index contributed by atoms with van der Waals surface area (Å²) in [6, 6.07) is 9.42. The maximum absolute atomic E-state index is 13.4. The number of carbonyl (C=O) groups is 3. The summed E-state index contributed by atoms with van der Waals surface area (Å²) < 4.78 is 0. The summed E-state index contributed by atoms with van der Waals surface area (Å²) in [4.78, 5) is 36.1. The van der Waals surface area contributed by atoms with Gasteiger partial charge in [0.15, 0.2) is 5.78 Å². The summed E-state index contributed by atoms with van der Waals surface area (Å²) in [5.41, 5.74) is -1.44. The topological polar surface area (TPSA) is 112 Å². The number of hydrogen-bond donors (Lipinski definition) is 3. The number of hydrogen-bond acceptors (Lipinski definition) is 6. The number of Topliss-reactive ketones (excluding diaryl/α,β-unsaturated/α-hetero) is 2. The molecule has 4 aliphatic rings. The van der Waals surface area contributed by atoms with Crippen molar-refractivity contribution in [3.05, 3.63) is 35.9 Å². The number of fused-ring (bicyclic) bond motifs is 5.